The minimum absolute atomic E-state index is 0.110. The quantitative estimate of drug-likeness (QED) is 0.646. The lowest BCUT2D eigenvalue weighted by atomic mass is 10.2. The summed E-state index contributed by atoms with van der Waals surface area (Å²) in [5, 5.41) is 0. The lowest BCUT2D eigenvalue weighted by Gasteiger charge is -2.30. The van der Waals surface area contributed by atoms with Crippen molar-refractivity contribution in [3.05, 3.63) is 24.9 Å². The van der Waals surface area contributed by atoms with E-state index in [4.69, 9.17) is 4.74 Å². The molecule has 0 aliphatic carbocycles. The van der Waals surface area contributed by atoms with Gasteiger partial charge in [0.25, 0.3) is 0 Å². The monoisotopic (exact) mass is 336 g/mol. The summed E-state index contributed by atoms with van der Waals surface area (Å²) >= 11 is 2.03. The van der Waals surface area contributed by atoms with Gasteiger partial charge in [-0.05, 0) is 25.8 Å². The molecule has 0 radical (unpaired) electrons. The molecule has 0 aromatic carbocycles. The largest absolute Gasteiger partial charge is 0.459 e. The minimum atomic E-state index is 0.110. The average molecular weight is 337 g/mol. The zero-order chi connectivity index (χ0) is 16.5. The van der Waals surface area contributed by atoms with E-state index in [1.807, 2.05) is 31.0 Å². The fourth-order valence-corrected chi connectivity index (χ4v) is 3.45. The molecule has 1 fully saturated rings. The van der Waals surface area contributed by atoms with Gasteiger partial charge in [0.05, 0.1) is 0 Å². The van der Waals surface area contributed by atoms with Crippen LogP contribution in [-0.2, 0) is 0 Å². The van der Waals surface area contributed by atoms with Gasteiger partial charge in [-0.25, -0.2) is 4.98 Å². The van der Waals surface area contributed by atoms with Crippen molar-refractivity contribution in [3.63, 3.8) is 0 Å². The summed E-state index contributed by atoms with van der Waals surface area (Å²) in [7, 11) is 2.02. The van der Waals surface area contributed by atoms with E-state index in [0.717, 1.165) is 44.8 Å². The summed E-state index contributed by atoms with van der Waals surface area (Å²) in [5.41, 5.74) is 0. The zero-order valence-corrected chi connectivity index (χ0v) is 15.1. The van der Waals surface area contributed by atoms with Crippen LogP contribution in [0.4, 0.5) is 5.82 Å². The van der Waals surface area contributed by atoms with Gasteiger partial charge in [0.1, 0.15) is 11.9 Å². The molecule has 1 aromatic heterocycles. The van der Waals surface area contributed by atoms with Crippen LogP contribution in [0, 0.1) is 0 Å². The van der Waals surface area contributed by atoms with E-state index >= 15 is 0 Å². The van der Waals surface area contributed by atoms with Crippen molar-refractivity contribution in [3.8, 4) is 6.01 Å². The first-order chi connectivity index (χ1) is 11.2. The number of aromatic nitrogens is 2. The molecule has 1 atom stereocenters. The number of anilines is 1. The Bertz CT molecular complexity index is 479. The summed E-state index contributed by atoms with van der Waals surface area (Å²) < 4.78 is 6.11. The van der Waals surface area contributed by atoms with Gasteiger partial charge in [-0.1, -0.05) is 6.08 Å². The van der Waals surface area contributed by atoms with Crippen LogP contribution in [0.3, 0.4) is 0 Å². The molecule has 0 unspecified atom stereocenters. The van der Waals surface area contributed by atoms with Crippen LogP contribution in [0.25, 0.3) is 0 Å². The third-order valence-electron chi connectivity index (χ3n) is 4.01. The highest BCUT2D eigenvalue weighted by Crippen LogP contribution is 2.16. The predicted molar refractivity (Wildman–Crippen MR) is 98.6 cm³/mol. The summed E-state index contributed by atoms with van der Waals surface area (Å²) in [5.74, 6) is 3.32. The van der Waals surface area contributed by atoms with Gasteiger partial charge in [0.2, 0.25) is 0 Å². The second-order valence-corrected chi connectivity index (χ2v) is 6.96. The maximum Gasteiger partial charge on any atom is 0.318 e. The summed E-state index contributed by atoms with van der Waals surface area (Å²) in [6.45, 7) is 10.0. The maximum absolute atomic E-state index is 6.11. The molecule has 5 nitrogen and oxygen atoms in total. The molecule has 1 aromatic rings. The molecule has 6 heteroatoms. The third-order valence-corrected chi connectivity index (χ3v) is 4.96. The number of ether oxygens (including phenoxy) is 1. The first-order valence-electron chi connectivity index (χ1n) is 8.34. The Morgan fingerprint density at radius 3 is 2.96 bits per heavy atom. The lowest BCUT2D eigenvalue weighted by Crippen LogP contribution is -2.40. The van der Waals surface area contributed by atoms with Gasteiger partial charge >= 0.3 is 6.01 Å². The van der Waals surface area contributed by atoms with Gasteiger partial charge in [-0.15, -0.1) is 6.58 Å². The Morgan fingerprint density at radius 1 is 1.48 bits per heavy atom. The van der Waals surface area contributed by atoms with E-state index in [-0.39, 0.29) is 6.10 Å². The second kappa shape index (κ2) is 9.78. The fourth-order valence-electron chi connectivity index (χ4n) is 2.48. The van der Waals surface area contributed by atoms with Crippen molar-refractivity contribution in [1.29, 1.82) is 0 Å². The number of nitrogens with zero attached hydrogens (tertiary/aromatic N) is 4. The highest BCUT2D eigenvalue weighted by Gasteiger charge is 2.19. The van der Waals surface area contributed by atoms with Crippen molar-refractivity contribution >= 4 is 17.6 Å². The first-order valence-corrected chi connectivity index (χ1v) is 9.50. The molecule has 0 spiro atoms. The Morgan fingerprint density at radius 2 is 2.26 bits per heavy atom. The summed E-state index contributed by atoms with van der Waals surface area (Å²) in [4.78, 5) is 13.4. The van der Waals surface area contributed by atoms with Crippen LogP contribution >= 0.6 is 11.8 Å². The van der Waals surface area contributed by atoms with Crippen LogP contribution in [-0.4, -0.2) is 65.7 Å². The Hall–Kier alpha value is -1.27. The fraction of sp³-hybridized carbons (Fsp3) is 0.647. The smallest absolute Gasteiger partial charge is 0.318 e. The normalized spacial score (nSPS) is 16.8. The van der Waals surface area contributed by atoms with Gasteiger partial charge in [0, 0.05) is 50.9 Å². The molecule has 2 rings (SSSR count). The summed E-state index contributed by atoms with van der Waals surface area (Å²) in [6, 6.07) is 2.39. The van der Waals surface area contributed by atoms with Crippen molar-refractivity contribution in [2.75, 3.05) is 49.6 Å². The molecule has 128 valence electrons. The molecular weight excluding hydrogens is 308 g/mol. The average Bonchev–Trinajstić information content (AvgIpc) is 2.60. The van der Waals surface area contributed by atoms with Gasteiger partial charge < -0.3 is 9.64 Å². The molecule has 0 bridgehead atoms. The van der Waals surface area contributed by atoms with Crippen molar-refractivity contribution in [2.45, 2.75) is 25.9 Å². The standard InChI is InChI=1S/C17H28N4OS/c1-4-6-7-15(14-21-10-12-23-13-11-21)22-17-18-9-8-16(19-17)20(3)5-2/h4,8-9,15H,1,5-7,10-14H2,2-3H3/t15-/m1/s1. The molecule has 23 heavy (non-hydrogen) atoms. The van der Waals surface area contributed by atoms with E-state index in [0.29, 0.717) is 6.01 Å². The molecule has 1 aliphatic heterocycles. The molecule has 2 heterocycles. The van der Waals surface area contributed by atoms with Crippen LogP contribution in [0.5, 0.6) is 6.01 Å². The molecule has 0 N–H and O–H groups in total. The van der Waals surface area contributed by atoms with E-state index in [1.54, 1.807) is 6.20 Å². The van der Waals surface area contributed by atoms with Crippen molar-refractivity contribution in [1.82, 2.24) is 14.9 Å². The van der Waals surface area contributed by atoms with Gasteiger partial charge in [-0.3, -0.25) is 4.90 Å². The van der Waals surface area contributed by atoms with Gasteiger partial charge in [0.15, 0.2) is 0 Å². The highest BCUT2D eigenvalue weighted by molar-refractivity contribution is 7.99. The number of allylic oxidation sites excluding steroid dienone is 1. The van der Waals surface area contributed by atoms with E-state index in [9.17, 15) is 0 Å². The van der Waals surface area contributed by atoms with Crippen molar-refractivity contribution < 1.29 is 4.74 Å². The minimum Gasteiger partial charge on any atom is -0.459 e. The number of rotatable bonds is 9. The number of hydrogen-bond acceptors (Lipinski definition) is 6. The summed E-state index contributed by atoms with van der Waals surface area (Å²) in [6.07, 6.45) is 5.72. The molecule has 1 aliphatic rings. The molecule has 0 amide bonds. The number of hydrogen-bond donors (Lipinski definition) is 0. The first kappa shape index (κ1) is 18.1. The highest BCUT2D eigenvalue weighted by atomic mass is 32.2. The number of thioether (sulfide) groups is 1. The van der Waals surface area contributed by atoms with Crippen LogP contribution < -0.4 is 9.64 Å². The van der Waals surface area contributed by atoms with E-state index in [2.05, 4.69) is 33.3 Å². The third kappa shape index (κ3) is 6.03. The Balaban J connectivity index is 1.99. The SMILES string of the molecule is C=CCC[C@H](CN1CCSCC1)Oc1nccc(N(C)CC)n1. The predicted octanol–water partition coefficient (Wildman–Crippen LogP) is 2.70. The molecule has 1 saturated heterocycles. The topological polar surface area (TPSA) is 41.5 Å². The molecular formula is C17H28N4OS. The van der Waals surface area contributed by atoms with Crippen LogP contribution in [0.15, 0.2) is 24.9 Å². The Kier molecular flexibility index (Phi) is 7.68. The van der Waals surface area contributed by atoms with Crippen LogP contribution in [0.1, 0.15) is 19.8 Å². The molecule has 0 saturated carbocycles. The van der Waals surface area contributed by atoms with Crippen molar-refractivity contribution in [2.24, 2.45) is 0 Å². The van der Waals surface area contributed by atoms with E-state index < -0.39 is 0 Å². The van der Waals surface area contributed by atoms with Gasteiger partial charge in [-0.2, -0.15) is 16.7 Å². The van der Waals surface area contributed by atoms with Crippen LogP contribution in [0.2, 0.25) is 0 Å². The zero-order valence-electron chi connectivity index (χ0n) is 14.3. The maximum atomic E-state index is 6.11. The lowest BCUT2D eigenvalue weighted by molar-refractivity contribution is 0.122. The Labute approximate surface area is 144 Å². The van der Waals surface area contributed by atoms with E-state index in [1.165, 1.54) is 11.5 Å². The second-order valence-electron chi connectivity index (χ2n) is 5.73.